The average Bonchev–Trinajstić information content (AvgIpc) is 3.09. The number of carbonyl (C=O) groups is 5. The third-order valence-corrected chi connectivity index (χ3v) is 7.38. The molecule has 0 radical (unpaired) electrons. The summed E-state index contributed by atoms with van der Waals surface area (Å²) in [5.74, 6) is -4.95. The van der Waals surface area contributed by atoms with Crippen LogP contribution in [0.15, 0.2) is 28.7 Å². The van der Waals surface area contributed by atoms with E-state index in [1.165, 1.54) is 12.1 Å². The molecule has 0 saturated carbocycles. The molecule has 0 aromatic heterocycles. The Kier molecular flexibility index (Phi) is 8.89. The molecule has 1 heterocycles. The van der Waals surface area contributed by atoms with Crippen LogP contribution in [0, 0.1) is 5.92 Å². The van der Waals surface area contributed by atoms with Gasteiger partial charge in [-0.15, -0.1) is 0 Å². The van der Waals surface area contributed by atoms with Gasteiger partial charge in [0.05, 0.1) is 31.2 Å². The summed E-state index contributed by atoms with van der Waals surface area (Å²) in [7, 11) is 0. The SMILES string of the molecule is CC(C)[C@@H](C(=O)OCC(=O)NNC(=O)c1ccc(Br)cc1)N1C(=O)c2c(Cl)c(Cl)c(Cl)c(Cl)c2C1=O. The van der Waals surface area contributed by atoms with Gasteiger partial charge in [-0.25, -0.2) is 4.79 Å². The normalized spacial score (nSPS) is 13.5. The lowest BCUT2D eigenvalue weighted by Gasteiger charge is -2.27. The number of imide groups is 1. The second kappa shape index (κ2) is 11.4. The van der Waals surface area contributed by atoms with Crippen LogP contribution in [0.2, 0.25) is 20.1 Å². The van der Waals surface area contributed by atoms with Crippen LogP contribution in [0.4, 0.5) is 0 Å². The molecule has 1 atom stereocenters. The maximum Gasteiger partial charge on any atom is 0.330 e. The van der Waals surface area contributed by atoms with Crippen molar-refractivity contribution in [2.75, 3.05) is 6.61 Å². The molecular weight excluding hydrogens is 624 g/mol. The molecule has 1 aliphatic heterocycles. The number of nitrogens with zero attached hydrogens (tertiary/aromatic N) is 1. The smallest absolute Gasteiger partial charge is 0.330 e. The average molecular weight is 640 g/mol. The Balaban J connectivity index is 1.69. The van der Waals surface area contributed by atoms with Crippen molar-refractivity contribution in [3.8, 4) is 0 Å². The van der Waals surface area contributed by atoms with Gasteiger partial charge in [-0.1, -0.05) is 76.2 Å². The van der Waals surface area contributed by atoms with Gasteiger partial charge in [-0.2, -0.15) is 0 Å². The summed E-state index contributed by atoms with van der Waals surface area (Å²) in [5.41, 5.74) is 4.00. The van der Waals surface area contributed by atoms with Crippen molar-refractivity contribution in [3.63, 3.8) is 0 Å². The number of hydrogen-bond acceptors (Lipinski definition) is 6. The highest BCUT2D eigenvalue weighted by Gasteiger charge is 2.48. The van der Waals surface area contributed by atoms with Gasteiger partial charge < -0.3 is 4.74 Å². The van der Waals surface area contributed by atoms with Crippen molar-refractivity contribution in [2.24, 2.45) is 5.92 Å². The third-order valence-electron chi connectivity index (χ3n) is 5.05. The minimum atomic E-state index is -1.42. The first-order chi connectivity index (χ1) is 16.9. The van der Waals surface area contributed by atoms with Crippen molar-refractivity contribution in [3.05, 3.63) is 65.5 Å². The zero-order valence-electron chi connectivity index (χ0n) is 18.5. The van der Waals surface area contributed by atoms with E-state index < -0.39 is 48.2 Å². The predicted molar refractivity (Wildman–Crippen MR) is 136 cm³/mol. The van der Waals surface area contributed by atoms with Crippen LogP contribution >= 0.6 is 62.3 Å². The van der Waals surface area contributed by atoms with Crippen LogP contribution in [-0.2, 0) is 14.3 Å². The Morgan fingerprint density at radius 2 is 1.39 bits per heavy atom. The Morgan fingerprint density at radius 1 is 0.889 bits per heavy atom. The lowest BCUT2D eigenvalue weighted by atomic mass is 10.0. The number of nitrogens with one attached hydrogen (secondary N) is 2. The van der Waals surface area contributed by atoms with Gasteiger partial charge in [-0.05, 0) is 30.2 Å². The molecule has 0 spiro atoms. The molecule has 2 N–H and O–H groups in total. The zero-order valence-corrected chi connectivity index (χ0v) is 23.1. The van der Waals surface area contributed by atoms with Crippen molar-refractivity contribution >= 4 is 91.9 Å². The number of hydrogen-bond donors (Lipinski definition) is 2. The molecule has 36 heavy (non-hydrogen) atoms. The molecule has 190 valence electrons. The van der Waals surface area contributed by atoms with Crippen LogP contribution in [0.1, 0.15) is 44.9 Å². The van der Waals surface area contributed by atoms with Gasteiger partial charge in [0.25, 0.3) is 23.6 Å². The van der Waals surface area contributed by atoms with Crippen molar-refractivity contribution in [1.29, 1.82) is 0 Å². The molecule has 1 aliphatic rings. The summed E-state index contributed by atoms with van der Waals surface area (Å²) in [6, 6.07) is 4.92. The summed E-state index contributed by atoms with van der Waals surface area (Å²) in [6.07, 6.45) is 0. The maximum atomic E-state index is 13.1. The Hall–Kier alpha value is -2.37. The molecule has 2 aromatic carbocycles. The second-order valence-electron chi connectivity index (χ2n) is 7.79. The lowest BCUT2D eigenvalue weighted by molar-refractivity contribution is -0.153. The number of halogens is 5. The number of esters is 1. The van der Waals surface area contributed by atoms with Crippen molar-refractivity contribution in [2.45, 2.75) is 19.9 Å². The first-order valence-electron chi connectivity index (χ1n) is 10.1. The highest BCUT2D eigenvalue weighted by atomic mass is 79.9. The fourth-order valence-corrected chi connectivity index (χ4v) is 4.63. The van der Waals surface area contributed by atoms with E-state index >= 15 is 0 Å². The van der Waals surface area contributed by atoms with Crippen molar-refractivity contribution in [1.82, 2.24) is 15.8 Å². The van der Waals surface area contributed by atoms with Gasteiger partial charge in [-0.3, -0.25) is 34.9 Å². The van der Waals surface area contributed by atoms with Crippen LogP contribution in [0.25, 0.3) is 0 Å². The minimum Gasteiger partial charge on any atom is -0.454 e. The molecular formula is C22H16BrCl4N3O6. The van der Waals surface area contributed by atoms with E-state index in [9.17, 15) is 24.0 Å². The van der Waals surface area contributed by atoms with Crippen LogP contribution in [0.5, 0.6) is 0 Å². The van der Waals surface area contributed by atoms with Gasteiger partial charge in [0.1, 0.15) is 6.04 Å². The monoisotopic (exact) mass is 637 g/mol. The van der Waals surface area contributed by atoms with E-state index in [1.807, 2.05) is 0 Å². The summed E-state index contributed by atoms with van der Waals surface area (Å²) in [4.78, 5) is 63.9. The number of hydrazine groups is 1. The number of carbonyl (C=O) groups excluding carboxylic acids is 5. The number of ether oxygens (including phenoxy) is 1. The molecule has 2 aromatic rings. The summed E-state index contributed by atoms with van der Waals surface area (Å²) < 4.78 is 5.79. The Labute approximate surface area is 233 Å². The summed E-state index contributed by atoms with van der Waals surface area (Å²) >= 11 is 27.6. The lowest BCUT2D eigenvalue weighted by Crippen LogP contribution is -2.50. The number of amides is 4. The highest BCUT2D eigenvalue weighted by molar-refractivity contribution is 9.10. The molecule has 0 aliphatic carbocycles. The fourth-order valence-electron chi connectivity index (χ4n) is 3.35. The number of benzene rings is 2. The first kappa shape index (κ1) is 28.2. The van der Waals surface area contributed by atoms with E-state index in [2.05, 4.69) is 26.8 Å². The number of rotatable bonds is 6. The summed E-state index contributed by atoms with van der Waals surface area (Å²) in [6.45, 7) is 2.33. The number of fused-ring (bicyclic) bond motifs is 1. The van der Waals surface area contributed by atoms with E-state index in [0.29, 0.717) is 4.90 Å². The van der Waals surface area contributed by atoms with Crippen LogP contribution in [0.3, 0.4) is 0 Å². The third kappa shape index (κ3) is 5.47. The quantitative estimate of drug-likeness (QED) is 0.156. The fraction of sp³-hybridized carbons (Fsp3) is 0.227. The maximum absolute atomic E-state index is 13.1. The minimum absolute atomic E-state index is 0.212. The van der Waals surface area contributed by atoms with Crippen LogP contribution in [-0.4, -0.2) is 47.1 Å². The van der Waals surface area contributed by atoms with E-state index in [4.69, 9.17) is 51.1 Å². The first-order valence-corrected chi connectivity index (χ1v) is 12.4. The molecule has 0 unspecified atom stereocenters. The molecule has 0 fully saturated rings. The molecule has 9 nitrogen and oxygen atoms in total. The topological polar surface area (TPSA) is 122 Å². The van der Waals surface area contributed by atoms with E-state index in [-0.39, 0.29) is 36.8 Å². The molecule has 4 amide bonds. The molecule has 3 rings (SSSR count). The largest absolute Gasteiger partial charge is 0.454 e. The summed E-state index contributed by atoms with van der Waals surface area (Å²) in [5, 5.41) is -0.983. The van der Waals surface area contributed by atoms with Crippen molar-refractivity contribution < 1.29 is 28.7 Å². The van der Waals surface area contributed by atoms with Gasteiger partial charge in [0.15, 0.2) is 6.61 Å². The highest BCUT2D eigenvalue weighted by Crippen LogP contribution is 2.45. The Morgan fingerprint density at radius 3 is 1.86 bits per heavy atom. The zero-order chi connectivity index (χ0) is 26.9. The second-order valence-corrected chi connectivity index (χ2v) is 10.2. The van der Waals surface area contributed by atoms with E-state index in [0.717, 1.165) is 4.47 Å². The molecule has 0 saturated heterocycles. The molecule has 0 bridgehead atoms. The predicted octanol–water partition coefficient (Wildman–Crippen LogP) is 4.69. The van der Waals surface area contributed by atoms with Crippen LogP contribution < -0.4 is 10.9 Å². The van der Waals surface area contributed by atoms with E-state index in [1.54, 1.807) is 26.0 Å². The standard InChI is InChI=1S/C22H16BrCl4N3O6/c1-8(2)18(30-20(33)12-13(21(30)34)15(25)17(27)16(26)14(12)24)22(35)36-7-11(31)28-29-19(32)9-3-5-10(23)6-4-9/h3-6,8,18H,7H2,1-2H3,(H,28,31)(H,29,32)/t18-/m0/s1. The van der Waals surface area contributed by atoms with Gasteiger partial charge >= 0.3 is 5.97 Å². The van der Waals surface area contributed by atoms with Gasteiger partial charge in [0, 0.05) is 10.0 Å². The molecule has 14 heteroatoms. The van der Waals surface area contributed by atoms with Gasteiger partial charge in [0.2, 0.25) is 0 Å². The Bertz CT molecular complexity index is 1240.